The number of halogens is 1. The fourth-order valence-electron chi connectivity index (χ4n) is 3.38. The van der Waals surface area contributed by atoms with Crippen molar-refractivity contribution < 1.29 is 18.7 Å². The maximum Gasteiger partial charge on any atom is 0.339 e. The van der Waals surface area contributed by atoms with Crippen LogP contribution in [-0.4, -0.2) is 41.5 Å². The highest BCUT2D eigenvalue weighted by Gasteiger charge is 2.21. The minimum absolute atomic E-state index is 0.178. The molecule has 1 aliphatic rings. The summed E-state index contributed by atoms with van der Waals surface area (Å²) in [5.74, 6) is -1.10. The summed E-state index contributed by atoms with van der Waals surface area (Å²) >= 11 is 0. The number of esters is 1. The Kier molecular flexibility index (Phi) is 5.02. The van der Waals surface area contributed by atoms with E-state index in [9.17, 15) is 14.0 Å². The summed E-state index contributed by atoms with van der Waals surface area (Å²) in [6.45, 7) is 1.15. The molecule has 6 heteroatoms. The Balaban J connectivity index is 1.63. The highest BCUT2D eigenvalue weighted by molar-refractivity contribution is 6.05. The molecule has 0 N–H and O–H groups in total. The number of aromatic nitrogens is 1. The molecular weight excluding hydrogens is 359 g/mol. The van der Waals surface area contributed by atoms with Crippen LogP contribution in [0.4, 0.5) is 4.39 Å². The van der Waals surface area contributed by atoms with Gasteiger partial charge in [0.15, 0.2) is 6.61 Å². The Hall–Kier alpha value is -3.28. The van der Waals surface area contributed by atoms with E-state index in [1.165, 1.54) is 12.1 Å². The second kappa shape index (κ2) is 7.76. The van der Waals surface area contributed by atoms with Gasteiger partial charge in [-0.05, 0) is 49.2 Å². The number of amides is 1. The topological polar surface area (TPSA) is 59.5 Å². The molecule has 5 nitrogen and oxygen atoms in total. The van der Waals surface area contributed by atoms with E-state index in [1.54, 1.807) is 35.2 Å². The van der Waals surface area contributed by atoms with Gasteiger partial charge in [-0.15, -0.1) is 0 Å². The lowest BCUT2D eigenvalue weighted by Crippen LogP contribution is -2.32. The van der Waals surface area contributed by atoms with Crippen LogP contribution in [0.15, 0.2) is 54.6 Å². The van der Waals surface area contributed by atoms with Crippen molar-refractivity contribution in [1.29, 1.82) is 0 Å². The van der Waals surface area contributed by atoms with Crippen LogP contribution in [0.25, 0.3) is 22.2 Å². The second-order valence-electron chi connectivity index (χ2n) is 6.74. The summed E-state index contributed by atoms with van der Waals surface area (Å²) in [7, 11) is 0. The normalized spacial score (nSPS) is 13.7. The third-order valence-corrected chi connectivity index (χ3v) is 4.86. The summed E-state index contributed by atoms with van der Waals surface area (Å²) in [5, 5.41) is 0.645. The van der Waals surface area contributed by atoms with Crippen molar-refractivity contribution in [2.75, 3.05) is 19.7 Å². The van der Waals surface area contributed by atoms with E-state index >= 15 is 0 Å². The molecule has 0 bridgehead atoms. The average molecular weight is 378 g/mol. The highest BCUT2D eigenvalue weighted by atomic mass is 19.1. The maximum absolute atomic E-state index is 13.2. The summed E-state index contributed by atoms with van der Waals surface area (Å²) < 4.78 is 18.5. The van der Waals surface area contributed by atoms with Crippen LogP contribution >= 0.6 is 0 Å². The standard InChI is InChI=1S/C22H19FN2O3/c23-16-9-7-15(8-10-16)20-13-18(17-5-1-2-6-19(17)24-20)22(27)28-14-21(26)25-11-3-4-12-25/h1-2,5-10,13H,3-4,11-12,14H2. The SMILES string of the molecule is O=C(OCC(=O)N1CCCC1)c1cc(-c2ccc(F)cc2)nc2ccccc12. The van der Waals surface area contributed by atoms with E-state index in [1.807, 2.05) is 12.1 Å². The molecule has 1 amide bonds. The monoisotopic (exact) mass is 378 g/mol. The van der Waals surface area contributed by atoms with E-state index in [4.69, 9.17) is 4.74 Å². The molecule has 4 rings (SSSR count). The Labute approximate surface area is 161 Å². The zero-order chi connectivity index (χ0) is 19.5. The molecule has 1 saturated heterocycles. The number of hydrogen-bond donors (Lipinski definition) is 0. The fourth-order valence-corrected chi connectivity index (χ4v) is 3.38. The van der Waals surface area contributed by atoms with Crippen molar-refractivity contribution in [2.45, 2.75) is 12.8 Å². The first-order chi connectivity index (χ1) is 13.6. The first-order valence-electron chi connectivity index (χ1n) is 9.22. The Morgan fingerprint density at radius 3 is 2.50 bits per heavy atom. The Morgan fingerprint density at radius 2 is 1.75 bits per heavy atom. The average Bonchev–Trinajstić information content (AvgIpc) is 3.26. The number of ether oxygens (including phenoxy) is 1. The Bertz CT molecular complexity index is 1030. The number of carbonyl (C=O) groups excluding carboxylic acids is 2. The zero-order valence-electron chi connectivity index (χ0n) is 15.2. The van der Waals surface area contributed by atoms with Gasteiger partial charge in [0, 0.05) is 24.0 Å². The van der Waals surface area contributed by atoms with Gasteiger partial charge in [-0.3, -0.25) is 4.79 Å². The molecule has 0 atom stereocenters. The molecule has 2 aromatic carbocycles. The lowest BCUT2D eigenvalue weighted by Gasteiger charge is -2.15. The minimum atomic E-state index is -0.575. The van der Waals surface area contributed by atoms with E-state index in [2.05, 4.69) is 4.98 Å². The van der Waals surface area contributed by atoms with Gasteiger partial charge in [0.2, 0.25) is 0 Å². The highest BCUT2D eigenvalue weighted by Crippen LogP contribution is 2.25. The molecular formula is C22H19FN2O3. The molecule has 0 aliphatic carbocycles. The molecule has 0 saturated carbocycles. The fraction of sp³-hybridized carbons (Fsp3) is 0.227. The summed E-state index contributed by atoms with van der Waals surface area (Å²) in [6, 6.07) is 14.8. The summed E-state index contributed by atoms with van der Waals surface area (Å²) in [6.07, 6.45) is 1.96. The zero-order valence-corrected chi connectivity index (χ0v) is 15.2. The number of nitrogens with zero attached hydrogens (tertiary/aromatic N) is 2. The molecule has 1 fully saturated rings. The quantitative estimate of drug-likeness (QED) is 0.648. The van der Waals surface area contributed by atoms with Crippen molar-refractivity contribution >= 4 is 22.8 Å². The predicted octanol–water partition coefficient (Wildman–Crippen LogP) is 3.82. The van der Waals surface area contributed by atoms with Gasteiger partial charge in [-0.2, -0.15) is 0 Å². The summed E-state index contributed by atoms with van der Waals surface area (Å²) in [4.78, 5) is 31.2. The van der Waals surface area contributed by atoms with Gasteiger partial charge in [0.1, 0.15) is 5.82 Å². The molecule has 28 heavy (non-hydrogen) atoms. The third-order valence-electron chi connectivity index (χ3n) is 4.86. The Morgan fingerprint density at radius 1 is 1.04 bits per heavy atom. The smallest absolute Gasteiger partial charge is 0.339 e. The number of rotatable bonds is 4. The van der Waals surface area contributed by atoms with Crippen LogP contribution < -0.4 is 0 Å². The molecule has 1 aliphatic heterocycles. The summed E-state index contributed by atoms with van der Waals surface area (Å²) in [5.41, 5.74) is 2.19. The molecule has 0 spiro atoms. The van der Waals surface area contributed by atoms with Gasteiger partial charge in [0.25, 0.3) is 5.91 Å². The van der Waals surface area contributed by atoms with Gasteiger partial charge in [-0.1, -0.05) is 18.2 Å². The van der Waals surface area contributed by atoms with Crippen LogP contribution in [0.2, 0.25) is 0 Å². The number of para-hydroxylation sites is 1. The van der Waals surface area contributed by atoms with E-state index in [0.29, 0.717) is 40.8 Å². The third kappa shape index (κ3) is 3.71. The van der Waals surface area contributed by atoms with Crippen LogP contribution in [-0.2, 0) is 9.53 Å². The van der Waals surface area contributed by atoms with Crippen LogP contribution in [0.5, 0.6) is 0 Å². The van der Waals surface area contributed by atoms with Gasteiger partial charge in [-0.25, -0.2) is 14.2 Å². The predicted molar refractivity (Wildman–Crippen MR) is 103 cm³/mol. The number of pyridine rings is 1. The van der Waals surface area contributed by atoms with Gasteiger partial charge in [0.05, 0.1) is 16.8 Å². The van der Waals surface area contributed by atoms with Gasteiger partial charge < -0.3 is 9.64 Å². The molecule has 142 valence electrons. The van der Waals surface area contributed by atoms with Crippen molar-refractivity contribution in [3.05, 3.63) is 66.0 Å². The second-order valence-corrected chi connectivity index (χ2v) is 6.74. The molecule has 0 radical (unpaired) electrons. The molecule has 1 aromatic heterocycles. The first kappa shape index (κ1) is 18.1. The van der Waals surface area contributed by atoms with E-state index in [0.717, 1.165) is 12.8 Å². The van der Waals surface area contributed by atoms with Crippen LogP contribution in [0.1, 0.15) is 23.2 Å². The maximum atomic E-state index is 13.2. The largest absolute Gasteiger partial charge is 0.452 e. The van der Waals surface area contributed by atoms with Crippen LogP contribution in [0.3, 0.4) is 0 Å². The van der Waals surface area contributed by atoms with Gasteiger partial charge >= 0.3 is 5.97 Å². The van der Waals surface area contributed by atoms with Crippen molar-refractivity contribution in [2.24, 2.45) is 0 Å². The first-order valence-corrected chi connectivity index (χ1v) is 9.22. The number of hydrogen-bond acceptors (Lipinski definition) is 4. The van der Waals surface area contributed by atoms with Crippen molar-refractivity contribution in [3.8, 4) is 11.3 Å². The number of carbonyl (C=O) groups is 2. The molecule has 3 aromatic rings. The number of fused-ring (bicyclic) bond motifs is 1. The van der Waals surface area contributed by atoms with Crippen molar-refractivity contribution in [1.82, 2.24) is 9.88 Å². The molecule has 2 heterocycles. The van der Waals surface area contributed by atoms with E-state index < -0.39 is 5.97 Å². The van der Waals surface area contributed by atoms with Crippen LogP contribution in [0, 0.1) is 5.82 Å². The minimum Gasteiger partial charge on any atom is -0.452 e. The lowest BCUT2D eigenvalue weighted by atomic mass is 10.0. The number of benzene rings is 2. The number of likely N-dealkylation sites (tertiary alicyclic amines) is 1. The van der Waals surface area contributed by atoms with E-state index in [-0.39, 0.29) is 18.3 Å². The lowest BCUT2D eigenvalue weighted by molar-refractivity contribution is -0.133. The molecule has 0 unspecified atom stereocenters. The van der Waals surface area contributed by atoms with Crippen molar-refractivity contribution in [3.63, 3.8) is 0 Å².